The van der Waals surface area contributed by atoms with Crippen molar-refractivity contribution >= 4 is 23.3 Å². The van der Waals surface area contributed by atoms with E-state index in [1.807, 2.05) is 12.3 Å². The number of alkyl halides is 3. The molecule has 29 heavy (non-hydrogen) atoms. The van der Waals surface area contributed by atoms with Gasteiger partial charge in [-0.2, -0.15) is 13.2 Å². The van der Waals surface area contributed by atoms with Gasteiger partial charge in [0.15, 0.2) is 0 Å². The number of halogens is 3. The molecule has 158 valence electrons. The Kier molecular flexibility index (Phi) is 7.46. The zero-order valence-electron chi connectivity index (χ0n) is 16.9. The number of nitrogens with zero attached hydrogens (tertiary/aromatic N) is 2. The van der Waals surface area contributed by atoms with Crippen LogP contribution in [0.25, 0.3) is 6.08 Å². The summed E-state index contributed by atoms with van der Waals surface area (Å²) in [5.74, 6) is -0.0892. The average Bonchev–Trinajstić information content (AvgIpc) is 3.00. The number of hydrogen-bond donors (Lipinski definition) is 0. The topological polar surface area (TPSA) is 42.4 Å². The molecule has 0 aliphatic carbocycles. The van der Waals surface area contributed by atoms with Crippen LogP contribution in [-0.2, 0) is 11.4 Å². The molecule has 0 aliphatic heterocycles. The van der Waals surface area contributed by atoms with Crippen molar-refractivity contribution in [2.75, 3.05) is 13.1 Å². The van der Waals surface area contributed by atoms with Gasteiger partial charge in [-0.1, -0.05) is 32.9 Å². The molecule has 0 saturated heterocycles. The standard InChI is InChI=1S/C21H25F3N2O2S/c1-15-25-17(12-29-15)11-28-18-7-5-6-16(10-18)8-9-19(27)26(13-20(2,3)4)14-21(22,23)24/h5-10,12H,11,13-14H2,1-4H3/b9-8+. The van der Waals surface area contributed by atoms with Gasteiger partial charge in [0.1, 0.15) is 18.9 Å². The van der Waals surface area contributed by atoms with Crippen LogP contribution in [-0.4, -0.2) is 35.1 Å². The predicted octanol–water partition coefficient (Wildman–Crippen LogP) is 5.48. The van der Waals surface area contributed by atoms with Gasteiger partial charge in [0.2, 0.25) is 5.91 Å². The van der Waals surface area contributed by atoms with Crippen molar-refractivity contribution in [1.29, 1.82) is 0 Å². The number of carbonyl (C=O) groups excluding carboxylic acids is 1. The molecular weight excluding hydrogens is 401 g/mol. The van der Waals surface area contributed by atoms with Gasteiger partial charge in [0.25, 0.3) is 0 Å². The Hall–Kier alpha value is -2.35. The molecule has 0 spiro atoms. The molecule has 0 aliphatic rings. The van der Waals surface area contributed by atoms with Gasteiger partial charge in [-0.25, -0.2) is 4.98 Å². The molecule has 4 nitrogen and oxygen atoms in total. The van der Waals surface area contributed by atoms with E-state index in [-0.39, 0.29) is 6.54 Å². The third-order valence-electron chi connectivity index (χ3n) is 3.68. The van der Waals surface area contributed by atoms with Gasteiger partial charge in [-0.15, -0.1) is 11.3 Å². The van der Waals surface area contributed by atoms with Gasteiger partial charge in [-0.05, 0) is 36.1 Å². The van der Waals surface area contributed by atoms with Crippen molar-refractivity contribution in [1.82, 2.24) is 9.88 Å². The highest BCUT2D eigenvalue weighted by Crippen LogP contribution is 2.22. The molecule has 2 rings (SSSR count). The number of rotatable bonds is 7. The number of thiazole rings is 1. The zero-order valence-corrected chi connectivity index (χ0v) is 17.7. The van der Waals surface area contributed by atoms with E-state index in [1.165, 1.54) is 23.5 Å². The van der Waals surface area contributed by atoms with Crippen LogP contribution in [0.15, 0.2) is 35.7 Å². The second kappa shape index (κ2) is 9.43. The normalized spacial score (nSPS) is 12.4. The third-order valence-corrected chi connectivity index (χ3v) is 4.50. The van der Waals surface area contributed by atoms with Crippen molar-refractivity contribution in [3.8, 4) is 5.75 Å². The van der Waals surface area contributed by atoms with Crippen molar-refractivity contribution in [2.24, 2.45) is 5.41 Å². The first-order chi connectivity index (χ1) is 13.4. The van der Waals surface area contributed by atoms with Crippen molar-refractivity contribution in [3.05, 3.63) is 52.0 Å². The fourth-order valence-electron chi connectivity index (χ4n) is 2.61. The number of ether oxygens (including phenoxy) is 1. The van der Waals surface area contributed by atoms with Crippen LogP contribution in [0.5, 0.6) is 5.75 Å². The lowest BCUT2D eigenvalue weighted by molar-refractivity contribution is -0.160. The Morgan fingerprint density at radius 1 is 1.24 bits per heavy atom. The summed E-state index contributed by atoms with van der Waals surface area (Å²) in [6, 6.07) is 7.00. The number of aromatic nitrogens is 1. The summed E-state index contributed by atoms with van der Waals surface area (Å²) < 4.78 is 44.2. The number of carbonyl (C=O) groups is 1. The Morgan fingerprint density at radius 2 is 1.97 bits per heavy atom. The minimum Gasteiger partial charge on any atom is -0.487 e. The largest absolute Gasteiger partial charge is 0.487 e. The fraction of sp³-hybridized carbons (Fsp3) is 0.429. The molecule has 0 radical (unpaired) electrons. The number of amides is 1. The molecule has 0 N–H and O–H groups in total. The van der Waals surface area contributed by atoms with Crippen LogP contribution in [0.4, 0.5) is 13.2 Å². The first kappa shape index (κ1) is 22.9. The summed E-state index contributed by atoms with van der Waals surface area (Å²) in [6.45, 7) is 6.34. The maximum absolute atomic E-state index is 12.8. The molecule has 0 saturated carbocycles. The van der Waals surface area contributed by atoms with Crippen molar-refractivity contribution in [3.63, 3.8) is 0 Å². The van der Waals surface area contributed by atoms with Crippen molar-refractivity contribution in [2.45, 2.75) is 40.5 Å². The van der Waals surface area contributed by atoms with Gasteiger partial charge in [0.05, 0.1) is 10.7 Å². The molecule has 1 amide bonds. The minimum atomic E-state index is -4.45. The Balaban J connectivity index is 2.05. The van der Waals surface area contributed by atoms with Crippen LogP contribution in [0, 0.1) is 12.3 Å². The highest BCUT2D eigenvalue weighted by molar-refractivity contribution is 7.09. The lowest BCUT2D eigenvalue weighted by atomic mass is 9.96. The second-order valence-electron chi connectivity index (χ2n) is 7.92. The number of aryl methyl sites for hydroxylation is 1. The monoisotopic (exact) mass is 426 g/mol. The molecule has 1 aromatic carbocycles. The van der Waals surface area contributed by atoms with Crippen LogP contribution >= 0.6 is 11.3 Å². The van der Waals surface area contributed by atoms with E-state index < -0.39 is 24.0 Å². The molecule has 8 heteroatoms. The van der Waals surface area contributed by atoms with E-state index in [4.69, 9.17) is 4.74 Å². The van der Waals surface area contributed by atoms with Crippen LogP contribution in [0.2, 0.25) is 0 Å². The lowest BCUT2D eigenvalue weighted by Gasteiger charge is -2.29. The quantitative estimate of drug-likeness (QED) is 0.551. The Labute approximate surface area is 173 Å². The number of benzene rings is 1. The Morgan fingerprint density at radius 3 is 2.55 bits per heavy atom. The van der Waals surface area contributed by atoms with Crippen LogP contribution in [0.3, 0.4) is 0 Å². The highest BCUT2D eigenvalue weighted by atomic mass is 32.1. The van der Waals surface area contributed by atoms with Gasteiger partial charge in [0, 0.05) is 18.0 Å². The van der Waals surface area contributed by atoms with E-state index >= 15 is 0 Å². The summed E-state index contributed by atoms with van der Waals surface area (Å²) in [6.07, 6.45) is -1.79. The predicted molar refractivity (Wildman–Crippen MR) is 109 cm³/mol. The molecule has 0 fully saturated rings. The second-order valence-corrected chi connectivity index (χ2v) is 8.98. The molecule has 2 aromatic rings. The van der Waals surface area contributed by atoms with Gasteiger partial charge < -0.3 is 9.64 Å². The minimum absolute atomic E-state index is 0.00585. The summed E-state index contributed by atoms with van der Waals surface area (Å²) in [7, 11) is 0. The average molecular weight is 427 g/mol. The van der Waals surface area contributed by atoms with Crippen LogP contribution < -0.4 is 4.74 Å². The molecule has 1 heterocycles. The molecule has 0 unspecified atom stereocenters. The summed E-state index contributed by atoms with van der Waals surface area (Å²) in [4.78, 5) is 17.5. The van der Waals surface area contributed by atoms with Gasteiger partial charge in [-0.3, -0.25) is 4.79 Å². The van der Waals surface area contributed by atoms with E-state index in [2.05, 4.69) is 4.98 Å². The summed E-state index contributed by atoms with van der Waals surface area (Å²) >= 11 is 1.54. The van der Waals surface area contributed by atoms with E-state index in [0.717, 1.165) is 15.6 Å². The Bertz CT molecular complexity index is 838. The van der Waals surface area contributed by atoms with Crippen molar-refractivity contribution < 1.29 is 22.7 Å². The first-order valence-corrected chi connectivity index (χ1v) is 9.97. The molecular formula is C21H25F3N2O2S. The maximum atomic E-state index is 12.8. The van der Waals surface area contributed by atoms with E-state index in [1.54, 1.807) is 45.0 Å². The molecule has 0 atom stereocenters. The van der Waals surface area contributed by atoms with E-state index in [9.17, 15) is 18.0 Å². The summed E-state index contributed by atoms with van der Waals surface area (Å²) in [5.41, 5.74) is 1.04. The third kappa shape index (κ3) is 8.68. The zero-order chi connectivity index (χ0) is 21.7. The first-order valence-electron chi connectivity index (χ1n) is 9.09. The maximum Gasteiger partial charge on any atom is 0.406 e. The smallest absolute Gasteiger partial charge is 0.406 e. The van der Waals surface area contributed by atoms with Gasteiger partial charge >= 0.3 is 6.18 Å². The fourth-order valence-corrected chi connectivity index (χ4v) is 3.21. The highest BCUT2D eigenvalue weighted by Gasteiger charge is 2.34. The number of hydrogen-bond acceptors (Lipinski definition) is 4. The SMILES string of the molecule is Cc1nc(COc2cccc(/C=C/C(=O)N(CC(C)(C)C)CC(F)(F)F)c2)cs1. The molecule has 1 aromatic heterocycles. The van der Waals surface area contributed by atoms with Crippen LogP contribution in [0.1, 0.15) is 37.0 Å². The van der Waals surface area contributed by atoms with E-state index in [0.29, 0.717) is 17.9 Å². The summed E-state index contributed by atoms with van der Waals surface area (Å²) in [5, 5.41) is 2.87. The lowest BCUT2D eigenvalue weighted by Crippen LogP contribution is -2.42. The molecule has 0 bridgehead atoms.